The van der Waals surface area contributed by atoms with E-state index in [0.717, 1.165) is 18.4 Å². The molecule has 1 heteroatoms. The maximum absolute atomic E-state index is 11.8. The van der Waals surface area contributed by atoms with E-state index in [4.69, 9.17) is 0 Å². The van der Waals surface area contributed by atoms with Crippen LogP contribution >= 0.6 is 0 Å². The number of ketones is 1. The zero-order valence-corrected chi connectivity index (χ0v) is 11.0. The maximum atomic E-state index is 11.8. The second kappa shape index (κ2) is 6.56. The van der Waals surface area contributed by atoms with Crippen molar-refractivity contribution in [2.75, 3.05) is 0 Å². The lowest BCUT2D eigenvalue weighted by Gasteiger charge is -1.97. The minimum atomic E-state index is -0.141. The van der Waals surface area contributed by atoms with E-state index in [2.05, 4.69) is 30.9 Å². The normalized spacial score (nSPS) is 9.53. The number of carbonyl (C=O) groups is 1. The van der Waals surface area contributed by atoms with Gasteiger partial charge in [-0.1, -0.05) is 61.7 Å². The fourth-order valence-corrected chi connectivity index (χ4v) is 1.83. The molecule has 2 aromatic rings. The molecule has 0 atom stereocenters. The number of Topliss-reactive ketones (excluding diaryl/α,β-unsaturated/α-hetero) is 1. The predicted octanol–water partition coefficient (Wildman–Crippen LogP) is 3.87. The van der Waals surface area contributed by atoms with Gasteiger partial charge in [0.15, 0.2) is 0 Å². The molecule has 0 spiro atoms. The molecule has 0 aliphatic heterocycles. The summed E-state index contributed by atoms with van der Waals surface area (Å²) in [5, 5.41) is 0. The summed E-state index contributed by atoms with van der Waals surface area (Å²) in [4.78, 5) is 11.8. The van der Waals surface area contributed by atoms with Crippen LogP contribution in [-0.4, -0.2) is 5.78 Å². The highest BCUT2D eigenvalue weighted by atomic mass is 16.1. The predicted molar refractivity (Wildman–Crippen MR) is 78.1 cm³/mol. The van der Waals surface area contributed by atoms with E-state index >= 15 is 0 Å². The van der Waals surface area contributed by atoms with Crippen LogP contribution < -0.4 is 0 Å². The van der Waals surface area contributed by atoms with E-state index in [1.807, 2.05) is 30.3 Å². The number of aryl methyl sites for hydroxylation is 1. The number of carbonyl (C=O) groups excluding carboxylic acids is 1. The van der Waals surface area contributed by atoms with Gasteiger partial charge in [-0.25, -0.2) is 0 Å². The van der Waals surface area contributed by atoms with Gasteiger partial charge < -0.3 is 0 Å². The largest absolute Gasteiger partial charge is 0.279 e. The second-order valence-corrected chi connectivity index (χ2v) is 4.39. The standard InChI is InChI=1S/C18H16O/c1-2-6-15-9-11-16(12-10-15)13-14-18(19)17-7-4-3-5-8-17/h3-5,7-12H,2,6H2,1H3. The van der Waals surface area contributed by atoms with Gasteiger partial charge in [-0.15, -0.1) is 0 Å². The van der Waals surface area contributed by atoms with Gasteiger partial charge >= 0.3 is 0 Å². The van der Waals surface area contributed by atoms with Crippen LogP contribution in [0.5, 0.6) is 0 Å². The first-order chi connectivity index (χ1) is 9.29. The van der Waals surface area contributed by atoms with Crippen LogP contribution in [0.3, 0.4) is 0 Å². The Morgan fingerprint density at radius 1 is 1.00 bits per heavy atom. The molecule has 2 aromatic carbocycles. The van der Waals surface area contributed by atoms with Gasteiger partial charge in [0.2, 0.25) is 5.78 Å². The van der Waals surface area contributed by atoms with Crippen molar-refractivity contribution < 1.29 is 4.79 Å². The van der Waals surface area contributed by atoms with Crippen molar-refractivity contribution in [1.82, 2.24) is 0 Å². The Bertz CT molecular complexity index is 598. The minimum Gasteiger partial charge on any atom is -0.279 e. The smallest absolute Gasteiger partial charge is 0.236 e. The maximum Gasteiger partial charge on any atom is 0.236 e. The lowest BCUT2D eigenvalue weighted by Crippen LogP contribution is -1.93. The molecule has 0 saturated carbocycles. The molecule has 94 valence electrons. The van der Waals surface area contributed by atoms with Gasteiger partial charge in [-0.05, 0) is 30.0 Å². The molecule has 0 bridgehead atoms. The molecule has 19 heavy (non-hydrogen) atoms. The van der Waals surface area contributed by atoms with Crippen LogP contribution in [0.25, 0.3) is 0 Å². The molecule has 0 fully saturated rings. The molecule has 0 aliphatic rings. The average Bonchev–Trinajstić information content (AvgIpc) is 2.47. The molecule has 0 heterocycles. The van der Waals surface area contributed by atoms with Crippen LogP contribution in [0, 0.1) is 11.8 Å². The Labute approximate surface area is 114 Å². The van der Waals surface area contributed by atoms with Crippen LogP contribution in [0.2, 0.25) is 0 Å². The minimum absolute atomic E-state index is 0.141. The highest BCUT2D eigenvalue weighted by Gasteiger charge is 1.99. The Morgan fingerprint density at radius 3 is 2.32 bits per heavy atom. The Morgan fingerprint density at radius 2 is 1.68 bits per heavy atom. The molecule has 0 aromatic heterocycles. The number of benzene rings is 2. The zero-order valence-electron chi connectivity index (χ0n) is 11.0. The SMILES string of the molecule is CCCc1ccc(C#CC(=O)c2ccccc2)cc1. The molecule has 0 saturated heterocycles. The molecular formula is C18H16O. The fraction of sp³-hybridized carbons (Fsp3) is 0.167. The first-order valence-corrected chi connectivity index (χ1v) is 6.50. The van der Waals surface area contributed by atoms with Gasteiger partial charge in [0, 0.05) is 11.1 Å². The number of rotatable bonds is 3. The van der Waals surface area contributed by atoms with E-state index < -0.39 is 0 Å². The van der Waals surface area contributed by atoms with E-state index in [-0.39, 0.29) is 5.78 Å². The summed E-state index contributed by atoms with van der Waals surface area (Å²) < 4.78 is 0. The molecule has 2 rings (SSSR count). The van der Waals surface area contributed by atoms with E-state index in [1.165, 1.54) is 5.56 Å². The van der Waals surface area contributed by atoms with Crippen molar-refractivity contribution in [2.24, 2.45) is 0 Å². The molecule has 0 radical (unpaired) electrons. The van der Waals surface area contributed by atoms with Crippen molar-refractivity contribution in [3.63, 3.8) is 0 Å². The van der Waals surface area contributed by atoms with Crippen molar-refractivity contribution in [3.05, 3.63) is 71.3 Å². The van der Waals surface area contributed by atoms with E-state index in [9.17, 15) is 4.79 Å². The topological polar surface area (TPSA) is 17.1 Å². The Hall–Kier alpha value is -2.33. The number of hydrogen-bond acceptors (Lipinski definition) is 1. The summed E-state index contributed by atoms with van der Waals surface area (Å²) in [5.41, 5.74) is 2.82. The molecule has 0 N–H and O–H groups in total. The summed E-state index contributed by atoms with van der Waals surface area (Å²) in [6.45, 7) is 2.16. The summed E-state index contributed by atoms with van der Waals surface area (Å²) >= 11 is 0. The average molecular weight is 248 g/mol. The fourth-order valence-electron chi connectivity index (χ4n) is 1.83. The molecule has 0 amide bonds. The van der Waals surface area contributed by atoms with Gasteiger partial charge in [0.1, 0.15) is 0 Å². The lowest BCUT2D eigenvalue weighted by atomic mass is 10.1. The third-order valence-electron chi connectivity index (χ3n) is 2.85. The van der Waals surface area contributed by atoms with Gasteiger partial charge in [-0.2, -0.15) is 0 Å². The van der Waals surface area contributed by atoms with Crippen LogP contribution in [0.15, 0.2) is 54.6 Å². The summed E-state index contributed by atoms with van der Waals surface area (Å²) in [6.07, 6.45) is 2.22. The summed E-state index contributed by atoms with van der Waals surface area (Å²) in [5.74, 6) is 5.45. The van der Waals surface area contributed by atoms with Crippen LogP contribution in [0.4, 0.5) is 0 Å². The van der Waals surface area contributed by atoms with E-state index in [1.54, 1.807) is 12.1 Å². The first kappa shape index (κ1) is 13.1. The molecule has 0 aliphatic carbocycles. The summed E-state index contributed by atoms with van der Waals surface area (Å²) in [7, 11) is 0. The second-order valence-electron chi connectivity index (χ2n) is 4.39. The first-order valence-electron chi connectivity index (χ1n) is 6.50. The van der Waals surface area contributed by atoms with Crippen LogP contribution in [-0.2, 0) is 6.42 Å². The van der Waals surface area contributed by atoms with Crippen LogP contribution in [0.1, 0.15) is 34.8 Å². The van der Waals surface area contributed by atoms with E-state index in [0.29, 0.717) is 5.56 Å². The monoisotopic (exact) mass is 248 g/mol. The van der Waals surface area contributed by atoms with Crippen molar-refractivity contribution in [3.8, 4) is 11.8 Å². The van der Waals surface area contributed by atoms with Gasteiger partial charge in [-0.3, -0.25) is 4.79 Å². The highest BCUT2D eigenvalue weighted by Crippen LogP contribution is 2.06. The Balaban J connectivity index is 2.09. The zero-order chi connectivity index (χ0) is 13.5. The summed E-state index contributed by atoms with van der Waals surface area (Å²) in [6, 6.07) is 17.2. The highest BCUT2D eigenvalue weighted by molar-refractivity contribution is 6.09. The molecule has 0 unspecified atom stereocenters. The molecular weight excluding hydrogens is 232 g/mol. The van der Waals surface area contributed by atoms with Gasteiger partial charge in [0.05, 0.1) is 0 Å². The van der Waals surface area contributed by atoms with Gasteiger partial charge in [0.25, 0.3) is 0 Å². The molecule has 1 nitrogen and oxygen atoms in total. The third-order valence-corrected chi connectivity index (χ3v) is 2.85. The lowest BCUT2D eigenvalue weighted by molar-refractivity contribution is 0.105. The number of hydrogen-bond donors (Lipinski definition) is 0. The van der Waals surface area contributed by atoms with Crippen molar-refractivity contribution in [1.29, 1.82) is 0 Å². The quantitative estimate of drug-likeness (QED) is 0.595. The van der Waals surface area contributed by atoms with Crippen molar-refractivity contribution in [2.45, 2.75) is 19.8 Å². The van der Waals surface area contributed by atoms with Crippen molar-refractivity contribution >= 4 is 5.78 Å². The Kier molecular flexibility index (Phi) is 4.53. The third kappa shape index (κ3) is 3.82.